The van der Waals surface area contributed by atoms with Crippen LogP contribution < -0.4 is 10.6 Å². The van der Waals surface area contributed by atoms with E-state index >= 15 is 0 Å². The van der Waals surface area contributed by atoms with Crippen molar-refractivity contribution in [3.63, 3.8) is 0 Å². The third-order valence-corrected chi connectivity index (χ3v) is 5.24. The maximum Gasteiger partial charge on any atom is 0.162 e. The molecule has 0 spiro atoms. The first-order valence-electron chi connectivity index (χ1n) is 8.95. The van der Waals surface area contributed by atoms with Gasteiger partial charge in [-0.3, -0.25) is 0 Å². The first-order chi connectivity index (χ1) is 12.7. The fraction of sp³-hybridized carbons (Fsp3) is 0.350. The molecule has 3 heterocycles. The molecule has 7 heteroatoms. The molecule has 1 saturated heterocycles. The summed E-state index contributed by atoms with van der Waals surface area (Å²) in [6.07, 6.45) is 2.39. The molecule has 1 fully saturated rings. The highest BCUT2D eigenvalue weighted by molar-refractivity contribution is 5.91. The Labute approximate surface area is 157 Å². The molecule has 1 atom stereocenters. The van der Waals surface area contributed by atoms with E-state index in [0.29, 0.717) is 30.1 Å². The molecule has 4 N–H and O–H groups in total. The van der Waals surface area contributed by atoms with Gasteiger partial charge in [0.05, 0.1) is 17.3 Å². The minimum absolute atomic E-state index is 0.201. The number of aromatic hydroxyl groups is 1. The molecule has 1 aliphatic rings. The molecule has 3 aromatic rings. The van der Waals surface area contributed by atoms with E-state index in [0.717, 1.165) is 34.4 Å². The van der Waals surface area contributed by atoms with Crippen LogP contribution in [0.15, 0.2) is 24.4 Å². The number of aryl methyl sites for hydroxylation is 1. The van der Waals surface area contributed by atoms with Crippen molar-refractivity contribution >= 4 is 22.5 Å². The smallest absolute Gasteiger partial charge is 0.162 e. The van der Waals surface area contributed by atoms with Crippen LogP contribution >= 0.6 is 0 Å². The number of aliphatic hydroxyl groups is 1. The maximum atomic E-state index is 10.2. The fourth-order valence-electron chi connectivity index (χ4n) is 3.65. The van der Waals surface area contributed by atoms with E-state index in [-0.39, 0.29) is 5.75 Å². The van der Waals surface area contributed by atoms with Crippen molar-refractivity contribution in [2.75, 3.05) is 23.7 Å². The van der Waals surface area contributed by atoms with Crippen LogP contribution in [0.1, 0.15) is 24.5 Å². The van der Waals surface area contributed by atoms with Gasteiger partial charge < -0.3 is 20.8 Å². The van der Waals surface area contributed by atoms with Crippen molar-refractivity contribution in [1.82, 2.24) is 15.0 Å². The molecule has 4 rings (SSSR count). The number of phenols is 1. The normalized spacial score (nSPS) is 19.8. The summed E-state index contributed by atoms with van der Waals surface area (Å²) in [7, 11) is 0. The molecule has 7 nitrogen and oxygen atoms in total. The van der Waals surface area contributed by atoms with E-state index in [4.69, 9.17) is 5.73 Å². The van der Waals surface area contributed by atoms with Gasteiger partial charge in [0, 0.05) is 29.6 Å². The number of phenolic OH excluding ortho intramolecular Hbond substituents is 1. The summed E-state index contributed by atoms with van der Waals surface area (Å²) in [4.78, 5) is 15.7. The van der Waals surface area contributed by atoms with Crippen LogP contribution in [0.4, 0.5) is 11.6 Å². The minimum Gasteiger partial charge on any atom is -0.508 e. The molecule has 1 aromatic carbocycles. The zero-order chi connectivity index (χ0) is 19.3. The highest BCUT2D eigenvalue weighted by Crippen LogP contribution is 2.33. The van der Waals surface area contributed by atoms with Gasteiger partial charge in [-0.1, -0.05) is 6.07 Å². The molecule has 1 aliphatic heterocycles. The van der Waals surface area contributed by atoms with E-state index in [1.165, 1.54) is 0 Å². The molecular weight excluding hydrogens is 342 g/mol. The maximum absolute atomic E-state index is 10.2. The number of rotatable bonds is 2. The number of anilines is 2. The summed E-state index contributed by atoms with van der Waals surface area (Å²) in [5.74, 6) is 1.80. The van der Waals surface area contributed by atoms with E-state index in [2.05, 4.69) is 15.0 Å². The summed E-state index contributed by atoms with van der Waals surface area (Å²) in [6, 6.07) is 5.37. The largest absolute Gasteiger partial charge is 0.508 e. The Kier molecular flexibility index (Phi) is 3.92. The molecule has 0 radical (unpaired) electrons. The SMILES string of the molecule is Cc1ccc(O)c(C)c1-c1nc(N)c2cc(N3CC[C@](C)(O)C3)ncc2n1. The van der Waals surface area contributed by atoms with E-state index < -0.39 is 5.60 Å². The predicted molar refractivity (Wildman–Crippen MR) is 106 cm³/mol. The number of hydrogen-bond acceptors (Lipinski definition) is 7. The molecule has 0 aliphatic carbocycles. The molecule has 2 aromatic heterocycles. The Morgan fingerprint density at radius 3 is 2.70 bits per heavy atom. The molecule has 0 amide bonds. The van der Waals surface area contributed by atoms with Crippen LogP contribution in [0.2, 0.25) is 0 Å². The topological polar surface area (TPSA) is 108 Å². The summed E-state index contributed by atoms with van der Waals surface area (Å²) in [6.45, 7) is 6.89. The lowest BCUT2D eigenvalue weighted by Gasteiger charge is -2.20. The zero-order valence-electron chi connectivity index (χ0n) is 15.7. The zero-order valence-corrected chi connectivity index (χ0v) is 15.7. The van der Waals surface area contributed by atoms with Crippen LogP contribution in [0.25, 0.3) is 22.3 Å². The van der Waals surface area contributed by atoms with Gasteiger partial charge in [-0.2, -0.15) is 0 Å². The Morgan fingerprint density at radius 2 is 2.00 bits per heavy atom. The lowest BCUT2D eigenvalue weighted by atomic mass is 10.0. The van der Waals surface area contributed by atoms with Gasteiger partial charge >= 0.3 is 0 Å². The van der Waals surface area contributed by atoms with Crippen molar-refractivity contribution in [3.8, 4) is 17.1 Å². The number of nitrogens with zero attached hydrogens (tertiary/aromatic N) is 4. The van der Waals surface area contributed by atoms with Crippen LogP contribution in [0, 0.1) is 13.8 Å². The lowest BCUT2D eigenvalue weighted by molar-refractivity contribution is 0.0839. The lowest BCUT2D eigenvalue weighted by Crippen LogP contribution is -2.29. The number of β-amino-alcohol motifs (C(OH)–C–C–N with tert-alkyl or cyclic N) is 1. The number of pyridine rings is 1. The van der Waals surface area contributed by atoms with Gasteiger partial charge in [-0.05, 0) is 44.9 Å². The van der Waals surface area contributed by atoms with E-state index in [1.54, 1.807) is 12.3 Å². The quantitative estimate of drug-likeness (QED) is 0.640. The van der Waals surface area contributed by atoms with Crippen molar-refractivity contribution in [1.29, 1.82) is 0 Å². The van der Waals surface area contributed by atoms with Crippen LogP contribution in [-0.4, -0.2) is 43.9 Å². The molecule has 140 valence electrons. The van der Waals surface area contributed by atoms with Crippen molar-refractivity contribution < 1.29 is 10.2 Å². The first kappa shape index (κ1) is 17.5. The van der Waals surface area contributed by atoms with Gasteiger partial charge in [0.1, 0.15) is 17.4 Å². The highest BCUT2D eigenvalue weighted by Gasteiger charge is 2.32. The van der Waals surface area contributed by atoms with Gasteiger partial charge in [0.2, 0.25) is 0 Å². The monoisotopic (exact) mass is 365 g/mol. The molecule has 0 saturated carbocycles. The Bertz CT molecular complexity index is 1050. The molecular formula is C20H23N5O2. The number of hydrogen-bond donors (Lipinski definition) is 3. The number of fused-ring (bicyclic) bond motifs is 1. The number of nitrogen functional groups attached to an aromatic ring is 1. The Balaban J connectivity index is 1.80. The number of nitrogens with two attached hydrogens (primary N) is 1. The van der Waals surface area contributed by atoms with Crippen molar-refractivity contribution in [2.45, 2.75) is 32.8 Å². The summed E-state index contributed by atoms with van der Waals surface area (Å²) in [5.41, 5.74) is 8.66. The second-order valence-corrected chi connectivity index (χ2v) is 7.56. The molecule has 27 heavy (non-hydrogen) atoms. The second kappa shape index (κ2) is 6.06. The van der Waals surface area contributed by atoms with E-state index in [1.807, 2.05) is 37.8 Å². The average Bonchev–Trinajstić information content (AvgIpc) is 2.98. The van der Waals surface area contributed by atoms with Gasteiger partial charge in [0.25, 0.3) is 0 Å². The summed E-state index contributed by atoms with van der Waals surface area (Å²) >= 11 is 0. The predicted octanol–water partition coefficient (Wildman–Crippen LogP) is 2.56. The first-order valence-corrected chi connectivity index (χ1v) is 8.95. The van der Waals surface area contributed by atoms with Crippen LogP contribution in [-0.2, 0) is 0 Å². The van der Waals surface area contributed by atoms with Crippen molar-refractivity contribution in [3.05, 3.63) is 35.5 Å². The van der Waals surface area contributed by atoms with Gasteiger partial charge in [-0.15, -0.1) is 0 Å². The van der Waals surface area contributed by atoms with E-state index in [9.17, 15) is 10.2 Å². The summed E-state index contributed by atoms with van der Waals surface area (Å²) < 4.78 is 0. The fourth-order valence-corrected chi connectivity index (χ4v) is 3.65. The number of aromatic nitrogens is 3. The second-order valence-electron chi connectivity index (χ2n) is 7.56. The van der Waals surface area contributed by atoms with Gasteiger partial charge in [-0.25, -0.2) is 15.0 Å². The number of benzene rings is 1. The van der Waals surface area contributed by atoms with Crippen molar-refractivity contribution in [2.24, 2.45) is 0 Å². The Hall–Kier alpha value is -2.93. The van der Waals surface area contributed by atoms with Gasteiger partial charge in [0.15, 0.2) is 5.82 Å². The van der Waals surface area contributed by atoms with Crippen LogP contribution in [0.3, 0.4) is 0 Å². The van der Waals surface area contributed by atoms with Crippen LogP contribution in [0.5, 0.6) is 5.75 Å². The summed E-state index contributed by atoms with van der Waals surface area (Å²) in [5, 5.41) is 21.0. The minimum atomic E-state index is -0.701. The molecule has 0 unspecified atom stereocenters. The molecule has 0 bridgehead atoms. The average molecular weight is 365 g/mol. The third kappa shape index (κ3) is 3.04. The highest BCUT2D eigenvalue weighted by atomic mass is 16.3. The standard InChI is InChI=1S/C20H23N5O2/c1-11-4-5-15(26)12(2)17(11)19-23-14-9-22-16(8-13(14)18(21)24-19)25-7-6-20(3,27)10-25/h4-5,8-9,26-27H,6-7,10H2,1-3H3,(H2,21,23,24)/t20-/m0/s1. The third-order valence-electron chi connectivity index (χ3n) is 5.24. The Morgan fingerprint density at radius 1 is 1.22 bits per heavy atom.